The minimum atomic E-state index is -0.0854. The van der Waals surface area contributed by atoms with E-state index < -0.39 is 0 Å². The van der Waals surface area contributed by atoms with E-state index in [2.05, 4.69) is 48.5 Å². The van der Waals surface area contributed by atoms with Crippen molar-refractivity contribution in [3.8, 4) is 11.5 Å². The van der Waals surface area contributed by atoms with Gasteiger partial charge in [-0.25, -0.2) is 0 Å². The zero-order valence-corrected chi connectivity index (χ0v) is 18.0. The standard InChI is InChI=1S/C18H29N3O3.HI/c1-13(11-22-5)21-17(19-4)20-12-18(2,3)14-6-7-15-16(10-14)24-9-8-23-15;/h6-7,10,13H,8-9,11-12H2,1-5H3,(H2,19,20,21);1H. The smallest absolute Gasteiger partial charge is 0.191 e. The van der Waals surface area contributed by atoms with Crippen LogP contribution in [-0.2, 0) is 10.2 Å². The maximum Gasteiger partial charge on any atom is 0.191 e. The average Bonchev–Trinajstić information content (AvgIpc) is 2.58. The van der Waals surface area contributed by atoms with E-state index in [1.807, 2.05) is 6.07 Å². The summed E-state index contributed by atoms with van der Waals surface area (Å²) >= 11 is 0. The van der Waals surface area contributed by atoms with Crippen LogP contribution in [0.1, 0.15) is 26.3 Å². The van der Waals surface area contributed by atoms with Crippen molar-refractivity contribution in [2.75, 3.05) is 40.5 Å². The van der Waals surface area contributed by atoms with E-state index >= 15 is 0 Å². The minimum Gasteiger partial charge on any atom is -0.486 e. The molecule has 0 bridgehead atoms. The van der Waals surface area contributed by atoms with Crippen LogP contribution in [0.25, 0.3) is 0 Å². The third kappa shape index (κ3) is 6.22. The van der Waals surface area contributed by atoms with Crippen LogP contribution in [0.5, 0.6) is 11.5 Å². The molecule has 1 aromatic carbocycles. The van der Waals surface area contributed by atoms with E-state index in [4.69, 9.17) is 14.2 Å². The molecule has 0 aromatic heterocycles. The number of fused-ring (bicyclic) bond motifs is 1. The molecule has 2 N–H and O–H groups in total. The van der Waals surface area contributed by atoms with Crippen molar-refractivity contribution >= 4 is 29.9 Å². The van der Waals surface area contributed by atoms with Crippen molar-refractivity contribution in [2.24, 2.45) is 4.99 Å². The molecule has 25 heavy (non-hydrogen) atoms. The Morgan fingerprint density at radius 1 is 1.28 bits per heavy atom. The lowest BCUT2D eigenvalue weighted by Gasteiger charge is -2.29. The Morgan fingerprint density at radius 2 is 1.96 bits per heavy atom. The summed E-state index contributed by atoms with van der Waals surface area (Å²) in [7, 11) is 3.46. The second-order valence-corrected chi connectivity index (χ2v) is 6.67. The largest absolute Gasteiger partial charge is 0.486 e. The summed E-state index contributed by atoms with van der Waals surface area (Å²) in [4.78, 5) is 4.27. The van der Waals surface area contributed by atoms with Gasteiger partial charge >= 0.3 is 0 Å². The molecule has 1 aliphatic heterocycles. The number of rotatable bonds is 6. The number of ether oxygens (including phenoxy) is 3. The number of hydrogen-bond donors (Lipinski definition) is 2. The molecule has 6 nitrogen and oxygen atoms in total. The third-order valence-corrected chi connectivity index (χ3v) is 4.04. The molecule has 0 spiro atoms. The number of guanidine groups is 1. The van der Waals surface area contributed by atoms with Gasteiger partial charge in [-0.1, -0.05) is 19.9 Å². The Morgan fingerprint density at radius 3 is 2.60 bits per heavy atom. The summed E-state index contributed by atoms with van der Waals surface area (Å²) in [6.45, 7) is 9.02. The Hall–Kier alpha value is -1.22. The lowest BCUT2D eigenvalue weighted by atomic mass is 9.84. The van der Waals surface area contributed by atoms with E-state index in [1.54, 1.807) is 14.2 Å². The first kappa shape index (κ1) is 21.8. The Balaban J connectivity index is 0.00000312. The van der Waals surface area contributed by atoms with Crippen LogP contribution in [0.2, 0.25) is 0 Å². The van der Waals surface area contributed by atoms with Crippen LogP contribution >= 0.6 is 24.0 Å². The maximum absolute atomic E-state index is 5.69. The summed E-state index contributed by atoms with van der Waals surface area (Å²) in [6.07, 6.45) is 0. The third-order valence-electron chi connectivity index (χ3n) is 4.04. The van der Waals surface area contributed by atoms with Gasteiger partial charge in [0.15, 0.2) is 17.5 Å². The average molecular weight is 463 g/mol. The SMILES string of the molecule is CN=C(NCC(C)(C)c1ccc2c(c1)OCCO2)NC(C)COC.I. The maximum atomic E-state index is 5.69. The lowest BCUT2D eigenvalue weighted by Crippen LogP contribution is -2.47. The van der Waals surface area contributed by atoms with Crippen molar-refractivity contribution in [3.63, 3.8) is 0 Å². The molecule has 0 amide bonds. The number of methoxy groups -OCH3 is 1. The Kier molecular flexibility index (Phi) is 8.78. The van der Waals surface area contributed by atoms with Crippen molar-refractivity contribution in [2.45, 2.75) is 32.2 Å². The van der Waals surface area contributed by atoms with Crippen LogP contribution in [0, 0.1) is 0 Å². The highest BCUT2D eigenvalue weighted by Crippen LogP contribution is 2.34. The van der Waals surface area contributed by atoms with Crippen molar-refractivity contribution in [1.82, 2.24) is 10.6 Å². The number of aliphatic imine (C=N–C) groups is 1. The van der Waals surface area contributed by atoms with Crippen LogP contribution in [0.4, 0.5) is 0 Å². The molecule has 0 saturated carbocycles. The molecular formula is C18H30IN3O3. The van der Waals surface area contributed by atoms with Crippen LogP contribution in [0.3, 0.4) is 0 Å². The molecule has 1 aromatic rings. The van der Waals surface area contributed by atoms with Crippen LogP contribution < -0.4 is 20.1 Å². The molecule has 1 atom stereocenters. The lowest BCUT2D eigenvalue weighted by molar-refractivity contribution is 0.171. The van der Waals surface area contributed by atoms with Crippen molar-refractivity contribution in [1.29, 1.82) is 0 Å². The van der Waals surface area contributed by atoms with Gasteiger partial charge in [0, 0.05) is 32.2 Å². The molecule has 7 heteroatoms. The van der Waals surface area contributed by atoms with E-state index in [0.717, 1.165) is 24.0 Å². The van der Waals surface area contributed by atoms with Gasteiger partial charge in [0.2, 0.25) is 0 Å². The number of hydrogen-bond acceptors (Lipinski definition) is 4. The summed E-state index contributed by atoms with van der Waals surface area (Å²) < 4.78 is 16.4. The summed E-state index contributed by atoms with van der Waals surface area (Å²) in [5.74, 6) is 2.41. The second kappa shape index (κ2) is 10.1. The molecule has 0 saturated heterocycles. The van der Waals surface area contributed by atoms with Gasteiger partial charge in [0.05, 0.1) is 6.61 Å². The van der Waals surface area contributed by atoms with Crippen LogP contribution in [-0.4, -0.2) is 52.5 Å². The number of nitrogens with zero attached hydrogens (tertiary/aromatic N) is 1. The van der Waals surface area contributed by atoms with Gasteiger partial charge in [-0.15, -0.1) is 24.0 Å². The van der Waals surface area contributed by atoms with Gasteiger partial charge in [-0.05, 0) is 24.6 Å². The van der Waals surface area contributed by atoms with E-state index in [9.17, 15) is 0 Å². The summed E-state index contributed by atoms with van der Waals surface area (Å²) in [6, 6.07) is 6.34. The summed E-state index contributed by atoms with van der Waals surface area (Å²) in [5, 5.41) is 6.70. The molecule has 0 aliphatic carbocycles. The van der Waals surface area contributed by atoms with E-state index in [0.29, 0.717) is 19.8 Å². The zero-order valence-electron chi connectivity index (χ0n) is 15.7. The Bertz CT molecular complexity index is 579. The van der Waals surface area contributed by atoms with Gasteiger partial charge in [0.1, 0.15) is 13.2 Å². The highest BCUT2D eigenvalue weighted by atomic mass is 127. The number of halogens is 1. The molecule has 142 valence electrons. The zero-order chi connectivity index (χ0) is 17.6. The van der Waals surface area contributed by atoms with Gasteiger partial charge in [0.25, 0.3) is 0 Å². The Labute approximate surface area is 167 Å². The van der Waals surface area contributed by atoms with E-state index in [-0.39, 0.29) is 35.4 Å². The predicted octanol–water partition coefficient (Wildman–Crippen LogP) is 2.55. The predicted molar refractivity (Wildman–Crippen MR) is 112 cm³/mol. The molecular weight excluding hydrogens is 433 g/mol. The molecule has 1 aliphatic rings. The van der Waals surface area contributed by atoms with Gasteiger partial charge < -0.3 is 24.8 Å². The topological polar surface area (TPSA) is 64.1 Å². The first-order valence-electron chi connectivity index (χ1n) is 8.32. The summed E-state index contributed by atoms with van der Waals surface area (Å²) in [5.41, 5.74) is 1.11. The van der Waals surface area contributed by atoms with Crippen molar-refractivity contribution in [3.05, 3.63) is 23.8 Å². The first-order valence-corrected chi connectivity index (χ1v) is 8.32. The fraction of sp³-hybridized carbons (Fsp3) is 0.611. The fourth-order valence-corrected chi connectivity index (χ4v) is 2.59. The van der Waals surface area contributed by atoms with E-state index in [1.165, 1.54) is 5.56 Å². The molecule has 2 rings (SSSR count). The van der Waals surface area contributed by atoms with Gasteiger partial charge in [-0.3, -0.25) is 4.99 Å². The van der Waals surface area contributed by atoms with Crippen LogP contribution in [0.15, 0.2) is 23.2 Å². The second-order valence-electron chi connectivity index (χ2n) is 6.67. The molecule has 1 heterocycles. The number of nitrogens with one attached hydrogen (secondary N) is 2. The highest BCUT2D eigenvalue weighted by molar-refractivity contribution is 14.0. The fourth-order valence-electron chi connectivity index (χ4n) is 2.59. The van der Waals surface area contributed by atoms with Gasteiger partial charge in [-0.2, -0.15) is 0 Å². The normalized spacial score (nSPS) is 15.2. The molecule has 1 unspecified atom stereocenters. The molecule has 0 fully saturated rings. The highest BCUT2D eigenvalue weighted by Gasteiger charge is 2.24. The molecule has 0 radical (unpaired) electrons. The number of benzene rings is 1. The first-order chi connectivity index (χ1) is 11.5. The minimum absolute atomic E-state index is 0. The monoisotopic (exact) mass is 463 g/mol. The van der Waals surface area contributed by atoms with Crippen molar-refractivity contribution < 1.29 is 14.2 Å². The quantitative estimate of drug-likeness (QED) is 0.386.